The number of nitrogens with one attached hydrogen (secondary N) is 1. The Morgan fingerprint density at radius 1 is 1.27 bits per heavy atom. The highest BCUT2D eigenvalue weighted by Crippen LogP contribution is 2.31. The van der Waals surface area contributed by atoms with E-state index < -0.39 is 39.1 Å². The standard InChI is InChI=1S/C19H18ClF3N2O4S/c1-3-9-25(12-18(26)24-16-11-14(20)7-8-17(16)29-2)30(27,28)15-6-4-5-13(10-15)19(21,22)23/h3-8,10-11H,1,9,12H2,2H3,(H,24,26). The predicted octanol–water partition coefficient (Wildman–Crippen LogP) is 4.18. The largest absolute Gasteiger partial charge is 0.495 e. The number of methoxy groups -OCH3 is 1. The van der Waals surface area contributed by atoms with Crippen LogP contribution in [0.4, 0.5) is 18.9 Å². The van der Waals surface area contributed by atoms with E-state index in [0.717, 1.165) is 18.2 Å². The maximum atomic E-state index is 13.0. The topological polar surface area (TPSA) is 75.7 Å². The van der Waals surface area contributed by atoms with E-state index in [1.54, 1.807) is 0 Å². The molecule has 0 atom stereocenters. The van der Waals surface area contributed by atoms with Crippen LogP contribution in [-0.4, -0.2) is 38.8 Å². The average Bonchev–Trinajstić information content (AvgIpc) is 2.67. The number of halogens is 4. The van der Waals surface area contributed by atoms with Crippen LogP contribution in [0.5, 0.6) is 5.75 Å². The number of hydrogen-bond donors (Lipinski definition) is 1. The molecule has 2 aromatic rings. The predicted molar refractivity (Wildman–Crippen MR) is 107 cm³/mol. The van der Waals surface area contributed by atoms with Gasteiger partial charge in [0.15, 0.2) is 0 Å². The molecule has 30 heavy (non-hydrogen) atoms. The van der Waals surface area contributed by atoms with E-state index in [-0.39, 0.29) is 12.2 Å². The highest BCUT2D eigenvalue weighted by atomic mass is 35.5. The van der Waals surface area contributed by atoms with Crippen molar-refractivity contribution in [1.82, 2.24) is 4.31 Å². The normalized spacial score (nSPS) is 11.9. The zero-order valence-corrected chi connectivity index (χ0v) is 17.3. The number of hydrogen-bond acceptors (Lipinski definition) is 4. The van der Waals surface area contributed by atoms with Gasteiger partial charge in [0.2, 0.25) is 15.9 Å². The molecule has 0 heterocycles. The fourth-order valence-electron chi connectivity index (χ4n) is 2.50. The molecule has 0 aliphatic heterocycles. The van der Waals surface area contributed by atoms with Crippen molar-refractivity contribution in [2.75, 3.05) is 25.5 Å². The molecule has 2 aromatic carbocycles. The molecule has 0 aliphatic rings. The van der Waals surface area contributed by atoms with E-state index in [0.29, 0.717) is 21.1 Å². The van der Waals surface area contributed by atoms with Crippen molar-refractivity contribution in [3.63, 3.8) is 0 Å². The van der Waals surface area contributed by atoms with Gasteiger partial charge in [0, 0.05) is 11.6 Å². The minimum Gasteiger partial charge on any atom is -0.495 e. The lowest BCUT2D eigenvalue weighted by Crippen LogP contribution is -2.38. The maximum Gasteiger partial charge on any atom is 0.416 e. The van der Waals surface area contributed by atoms with Gasteiger partial charge in [-0.05, 0) is 36.4 Å². The van der Waals surface area contributed by atoms with Crippen LogP contribution in [0.2, 0.25) is 5.02 Å². The average molecular weight is 463 g/mol. The molecule has 6 nitrogen and oxygen atoms in total. The van der Waals surface area contributed by atoms with Crippen LogP contribution in [0.15, 0.2) is 60.0 Å². The van der Waals surface area contributed by atoms with Crippen molar-refractivity contribution in [1.29, 1.82) is 0 Å². The molecule has 0 spiro atoms. The molecular formula is C19H18ClF3N2O4S. The van der Waals surface area contributed by atoms with Gasteiger partial charge in [-0.2, -0.15) is 17.5 Å². The molecule has 0 fully saturated rings. The van der Waals surface area contributed by atoms with Crippen LogP contribution in [0, 0.1) is 0 Å². The van der Waals surface area contributed by atoms with Crippen LogP contribution in [0.1, 0.15) is 5.56 Å². The van der Waals surface area contributed by atoms with Gasteiger partial charge in [-0.15, -0.1) is 6.58 Å². The van der Waals surface area contributed by atoms with Crippen molar-refractivity contribution in [2.45, 2.75) is 11.1 Å². The summed E-state index contributed by atoms with van der Waals surface area (Å²) in [6.45, 7) is 2.48. The number of sulfonamides is 1. The number of benzene rings is 2. The first-order chi connectivity index (χ1) is 14.0. The number of ether oxygens (including phenoxy) is 1. The molecule has 0 aromatic heterocycles. The second-order valence-corrected chi connectivity index (χ2v) is 8.38. The molecule has 11 heteroatoms. The Labute approximate surface area is 176 Å². The van der Waals surface area contributed by atoms with Gasteiger partial charge in [0.1, 0.15) is 5.75 Å². The van der Waals surface area contributed by atoms with E-state index in [9.17, 15) is 26.4 Å². The number of carbonyl (C=O) groups is 1. The summed E-state index contributed by atoms with van der Waals surface area (Å²) in [4.78, 5) is 11.9. The van der Waals surface area contributed by atoms with E-state index in [1.807, 2.05) is 0 Å². The summed E-state index contributed by atoms with van der Waals surface area (Å²) in [6, 6.07) is 7.75. The zero-order valence-electron chi connectivity index (χ0n) is 15.7. The highest BCUT2D eigenvalue weighted by Gasteiger charge is 2.33. The van der Waals surface area contributed by atoms with Crippen LogP contribution >= 0.6 is 11.6 Å². The third kappa shape index (κ3) is 5.74. The van der Waals surface area contributed by atoms with Crippen molar-refractivity contribution in [3.05, 3.63) is 65.7 Å². The van der Waals surface area contributed by atoms with E-state index >= 15 is 0 Å². The fraction of sp³-hybridized carbons (Fsp3) is 0.211. The van der Waals surface area contributed by atoms with Crippen LogP contribution < -0.4 is 10.1 Å². The van der Waals surface area contributed by atoms with Crippen LogP contribution in [0.25, 0.3) is 0 Å². The first-order valence-corrected chi connectivity index (χ1v) is 10.2. The number of nitrogens with zero attached hydrogens (tertiary/aromatic N) is 1. The summed E-state index contributed by atoms with van der Waals surface area (Å²) in [7, 11) is -3.04. The lowest BCUT2D eigenvalue weighted by molar-refractivity contribution is -0.137. The first-order valence-electron chi connectivity index (χ1n) is 8.40. The summed E-state index contributed by atoms with van der Waals surface area (Å²) in [5.74, 6) is -0.447. The number of anilines is 1. The monoisotopic (exact) mass is 462 g/mol. The second kappa shape index (κ2) is 9.50. The Bertz CT molecular complexity index is 1040. The first kappa shape index (κ1) is 23.7. The summed E-state index contributed by atoms with van der Waals surface area (Å²) in [6.07, 6.45) is -3.49. The van der Waals surface area contributed by atoms with E-state index in [1.165, 1.54) is 31.4 Å². The Morgan fingerprint density at radius 3 is 2.57 bits per heavy atom. The van der Waals surface area contributed by atoms with Gasteiger partial charge in [0.25, 0.3) is 0 Å². The van der Waals surface area contributed by atoms with Gasteiger partial charge in [-0.3, -0.25) is 4.79 Å². The summed E-state index contributed by atoms with van der Waals surface area (Å²) < 4.78 is 70.4. The Morgan fingerprint density at radius 2 is 1.97 bits per heavy atom. The number of amides is 1. The maximum absolute atomic E-state index is 13.0. The number of carbonyl (C=O) groups excluding carboxylic acids is 1. The molecule has 2 rings (SSSR count). The summed E-state index contributed by atoms with van der Waals surface area (Å²) >= 11 is 5.90. The zero-order chi connectivity index (χ0) is 22.5. The van der Waals surface area contributed by atoms with Gasteiger partial charge < -0.3 is 10.1 Å². The molecule has 0 aliphatic carbocycles. The third-order valence-corrected chi connectivity index (χ3v) is 5.93. The molecular weight excluding hydrogens is 445 g/mol. The number of alkyl halides is 3. The smallest absolute Gasteiger partial charge is 0.416 e. The highest BCUT2D eigenvalue weighted by molar-refractivity contribution is 7.89. The summed E-state index contributed by atoms with van der Waals surface area (Å²) in [5, 5.41) is 2.79. The molecule has 0 saturated carbocycles. The van der Waals surface area contributed by atoms with Gasteiger partial charge in [-0.25, -0.2) is 8.42 Å². The quantitative estimate of drug-likeness (QED) is 0.597. The lowest BCUT2D eigenvalue weighted by Gasteiger charge is -2.21. The Balaban J connectivity index is 2.30. The minimum absolute atomic E-state index is 0.213. The Hall–Kier alpha value is -2.56. The second-order valence-electron chi connectivity index (χ2n) is 6.00. The third-order valence-electron chi connectivity index (χ3n) is 3.89. The molecule has 0 bridgehead atoms. The van der Waals surface area contributed by atoms with Gasteiger partial charge >= 0.3 is 6.18 Å². The van der Waals surface area contributed by atoms with Crippen molar-refractivity contribution < 1.29 is 31.1 Å². The van der Waals surface area contributed by atoms with E-state index in [2.05, 4.69) is 11.9 Å². The SMILES string of the molecule is C=CCN(CC(=O)Nc1cc(Cl)ccc1OC)S(=O)(=O)c1cccc(C(F)(F)F)c1. The van der Waals surface area contributed by atoms with Crippen LogP contribution in [-0.2, 0) is 21.0 Å². The summed E-state index contributed by atoms with van der Waals surface area (Å²) in [5.41, 5.74) is -0.903. The van der Waals surface area contributed by atoms with Gasteiger partial charge in [0.05, 0.1) is 29.8 Å². The molecule has 1 N–H and O–H groups in total. The van der Waals surface area contributed by atoms with Crippen molar-refractivity contribution in [3.8, 4) is 5.75 Å². The Kier molecular flexibility index (Phi) is 7.51. The minimum atomic E-state index is -4.71. The molecule has 0 radical (unpaired) electrons. The molecule has 0 unspecified atom stereocenters. The fourth-order valence-corrected chi connectivity index (χ4v) is 4.09. The molecule has 1 amide bonds. The molecule has 162 valence electrons. The molecule has 0 saturated heterocycles. The van der Waals surface area contributed by atoms with Crippen molar-refractivity contribution >= 4 is 33.2 Å². The van der Waals surface area contributed by atoms with Crippen molar-refractivity contribution in [2.24, 2.45) is 0 Å². The van der Waals surface area contributed by atoms with E-state index in [4.69, 9.17) is 16.3 Å². The van der Waals surface area contributed by atoms with Crippen LogP contribution in [0.3, 0.4) is 0 Å². The lowest BCUT2D eigenvalue weighted by atomic mass is 10.2. The number of rotatable bonds is 8. The van der Waals surface area contributed by atoms with Gasteiger partial charge in [-0.1, -0.05) is 23.7 Å².